The van der Waals surface area contributed by atoms with Crippen LogP contribution in [0.25, 0.3) is 0 Å². The average molecular weight is 1290 g/mol. The van der Waals surface area contributed by atoms with Crippen LogP contribution in [-0.2, 0) is 43.1 Å². The highest BCUT2D eigenvalue weighted by molar-refractivity contribution is 5.85. The van der Waals surface area contributed by atoms with Crippen molar-refractivity contribution < 1.29 is 60.7 Å². The van der Waals surface area contributed by atoms with Gasteiger partial charge in [0, 0.05) is 119 Å². The van der Waals surface area contributed by atoms with Crippen LogP contribution in [-0.4, -0.2) is 135 Å². The minimum absolute atomic E-state index is 0.00694. The zero-order valence-electron chi connectivity index (χ0n) is 65.2. The molecule has 2 N–H and O–H groups in total. The Labute approximate surface area is 546 Å². The molecule has 0 radical (unpaired) electrons. The second-order valence-corrected chi connectivity index (χ2v) is 32.8. The molecule has 1 heterocycles. The summed E-state index contributed by atoms with van der Waals surface area (Å²) < 4.78 is 52.0. The number of methoxy groups -OCH3 is 1. The highest BCUT2D eigenvalue weighted by Gasteiger charge is 2.29. The van der Waals surface area contributed by atoms with Gasteiger partial charge in [0.05, 0.1) is 12.5 Å². The van der Waals surface area contributed by atoms with Crippen molar-refractivity contribution >= 4 is 47.1 Å². The first-order chi connectivity index (χ1) is 39.0. The number of esters is 1. The number of alkyl halides is 4. The summed E-state index contributed by atoms with van der Waals surface area (Å²) in [7, 11) is 6.49. The maximum absolute atomic E-state index is 12.2. The molecule has 1 fully saturated rings. The molecule has 1 rings (SSSR count). The summed E-state index contributed by atoms with van der Waals surface area (Å²) >= 11 is 0. The fourth-order valence-electron chi connectivity index (χ4n) is 6.59. The Bertz CT molecular complexity index is 1840. The fraction of sp³-hybridized carbons (Fsp3) is 0.887. The molecule has 536 valence electrons. The molecule has 1 aliphatic rings. The van der Waals surface area contributed by atoms with E-state index in [2.05, 4.69) is 36.1 Å². The fourth-order valence-corrected chi connectivity index (χ4v) is 6.59. The lowest BCUT2D eigenvalue weighted by atomic mass is 9.85. The largest absolute Gasteiger partial charge is 0.469 e. The molecule has 5 amide bonds. The van der Waals surface area contributed by atoms with Gasteiger partial charge in [-0.1, -0.05) is 187 Å². The smallest absolute Gasteiger partial charge is 0.310 e. The summed E-state index contributed by atoms with van der Waals surface area (Å²) in [4.78, 5) is 93.1. The summed E-state index contributed by atoms with van der Waals surface area (Å²) in [6, 6.07) is 0. The first-order valence-electron chi connectivity index (χ1n) is 32.0. The average Bonchev–Trinajstić information content (AvgIpc) is 3.41. The Morgan fingerprint density at radius 1 is 0.539 bits per heavy atom. The Hall–Kier alpha value is -4.12. The molecule has 0 aromatic carbocycles. The SMILES string of the molecule is CC(=O)N(C)C.CC(C)(C)CC(=O)N1CCCCC1.CC(C)(C)CC(C)(F)F.CC(C)(C)CC(F)F.CC(C)C(=O)C(C)(C)C.CCC(=O)C(C)(C)C.CCN(CC)C(=O)C(C)(C)C.CCNC(=O)C(C)(C)C.CNC(=O)C(C)(C)C.COC(=O)C(C)(C)C. The number of carbonyl (C=O) groups is 8. The molecule has 0 aromatic heterocycles. The van der Waals surface area contributed by atoms with E-state index in [1.54, 1.807) is 41.9 Å². The lowest BCUT2D eigenvalue weighted by Crippen LogP contribution is -2.39. The first-order valence-corrected chi connectivity index (χ1v) is 32.0. The third-order valence-corrected chi connectivity index (χ3v) is 11.5. The normalized spacial score (nSPS) is 12.6. The van der Waals surface area contributed by atoms with Crippen LogP contribution in [0.5, 0.6) is 0 Å². The number of halogens is 4. The molecule has 0 aromatic rings. The molecular formula is C71H145F4N5O9. The molecule has 0 atom stereocenters. The van der Waals surface area contributed by atoms with Crippen molar-refractivity contribution in [1.82, 2.24) is 25.3 Å². The molecule has 0 saturated carbocycles. The first kappa shape index (κ1) is 104. The molecule has 18 heteroatoms. The van der Waals surface area contributed by atoms with Crippen molar-refractivity contribution in [2.24, 2.45) is 54.7 Å². The number of ether oxygens (including phenoxy) is 1. The number of nitrogens with one attached hydrogen (secondary N) is 2. The minimum Gasteiger partial charge on any atom is -0.469 e. The predicted octanol–water partition coefficient (Wildman–Crippen LogP) is 17.6. The van der Waals surface area contributed by atoms with E-state index < -0.39 is 12.3 Å². The van der Waals surface area contributed by atoms with Gasteiger partial charge in [0.2, 0.25) is 41.9 Å². The highest BCUT2D eigenvalue weighted by Crippen LogP contribution is 2.30. The maximum atomic E-state index is 12.2. The van der Waals surface area contributed by atoms with Crippen LogP contribution in [0.15, 0.2) is 0 Å². The number of likely N-dealkylation sites (tertiary alicyclic amines) is 1. The molecule has 0 unspecified atom stereocenters. The van der Waals surface area contributed by atoms with E-state index in [-0.39, 0.29) is 97.1 Å². The third-order valence-electron chi connectivity index (χ3n) is 11.5. The number of hydrogen-bond acceptors (Lipinski definition) is 9. The molecule has 1 saturated heterocycles. The van der Waals surface area contributed by atoms with Crippen LogP contribution in [0.4, 0.5) is 17.6 Å². The summed E-state index contributed by atoms with van der Waals surface area (Å²) in [6.45, 7) is 70.0. The van der Waals surface area contributed by atoms with Gasteiger partial charge >= 0.3 is 5.97 Å². The van der Waals surface area contributed by atoms with Gasteiger partial charge in [-0.25, -0.2) is 17.6 Å². The monoisotopic (exact) mass is 1290 g/mol. The van der Waals surface area contributed by atoms with Crippen LogP contribution < -0.4 is 10.6 Å². The van der Waals surface area contributed by atoms with Crippen molar-refractivity contribution in [2.75, 3.05) is 61.0 Å². The molecule has 89 heavy (non-hydrogen) atoms. The Morgan fingerprint density at radius 3 is 1.00 bits per heavy atom. The van der Waals surface area contributed by atoms with E-state index in [1.165, 1.54) is 38.2 Å². The minimum atomic E-state index is -2.52. The van der Waals surface area contributed by atoms with Crippen LogP contribution in [0.3, 0.4) is 0 Å². The van der Waals surface area contributed by atoms with Crippen molar-refractivity contribution in [3.05, 3.63) is 0 Å². The van der Waals surface area contributed by atoms with Crippen molar-refractivity contribution in [2.45, 2.75) is 300 Å². The number of nitrogens with zero attached hydrogens (tertiary/aromatic N) is 3. The van der Waals surface area contributed by atoms with Crippen molar-refractivity contribution in [3.63, 3.8) is 0 Å². The maximum Gasteiger partial charge on any atom is 0.310 e. The number of ketones is 2. The molecular weight excluding hydrogens is 1140 g/mol. The summed E-state index contributed by atoms with van der Waals surface area (Å²) in [5.74, 6) is -0.979. The van der Waals surface area contributed by atoms with Gasteiger partial charge in [0.25, 0.3) is 0 Å². The van der Waals surface area contributed by atoms with Crippen LogP contribution >= 0.6 is 0 Å². The molecule has 1 aliphatic heterocycles. The third kappa shape index (κ3) is 78.1. The summed E-state index contributed by atoms with van der Waals surface area (Å²) in [5.41, 5.74) is -1.71. The zero-order chi connectivity index (χ0) is 74.1. The van der Waals surface area contributed by atoms with Gasteiger partial charge in [-0.3, -0.25) is 38.4 Å². The number of rotatable bonds is 8. The van der Waals surface area contributed by atoms with E-state index in [4.69, 9.17) is 0 Å². The van der Waals surface area contributed by atoms with E-state index in [0.717, 1.165) is 39.6 Å². The van der Waals surface area contributed by atoms with E-state index >= 15 is 0 Å². The van der Waals surface area contributed by atoms with Gasteiger partial charge < -0.3 is 30.1 Å². The molecule has 14 nitrogen and oxygen atoms in total. The number of amides is 5. The highest BCUT2D eigenvalue weighted by atomic mass is 19.3. The molecule has 0 spiro atoms. The summed E-state index contributed by atoms with van der Waals surface area (Å²) in [5, 5.41) is 5.31. The van der Waals surface area contributed by atoms with Gasteiger partial charge in [-0.15, -0.1) is 0 Å². The lowest BCUT2D eigenvalue weighted by molar-refractivity contribution is -0.149. The summed E-state index contributed by atoms with van der Waals surface area (Å²) in [6.07, 6.45) is 2.81. The lowest BCUT2D eigenvalue weighted by Gasteiger charge is -2.29. The van der Waals surface area contributed by atoms with E-state index in [0.29, 0.717) is 30.3 Å². The Balaban J connectivity index is -0.000000115. The number of hydrogen-bond donors (Lipinski definition) is 2. The van der Waals surface area contributed by atoms with Crippen molar-refractivity contribution in [3.8, 4) is 0 Å². The second kappa shape index (κ2) is 47.7. The van der Waals surface area contributed by atoms with Crippen LogP contribution in [0.1, 0.15) is 287 Å². The quantitative estimate of drug-likeness (QED) is 0.177. The number of piperidine rings is 1. The van der Waals surface area contributed by atoms with Gasteiger partial charge in [0.15, 0.2) is 0 Å². The second-order valence-electron chi connectivity index (χ2n) is 32.8. The van der Waals surface area contributed by atoms with Gasteiger partial charge in [0.1, 0.15) is 11.6 Å². The predicted molar refractivity (Wildman–Crippen MR) is 368 cm³/mol. The van der Waals surface area contributed by atoms with Crippen LogP contribution in [0.2, 0.25) is 0 Å². The van der Waals surface area contributed by atoms with E-state index in [9.17, 15) is 55.9 Å². The number of carbonyl (C=O) groups excluding carboxylic acids is 8. The Kier molecular flexibility index (Phi) is 55.6. The standard InChI is InChI=1S/C11H21NO.C9H19NO.C8H16O.C7H14F2.C7H15NO.C7H14O.C6H12F2.C6H13NO.C6H12O2.C4H9NO/c1-11(2,3)9-10(13)12-7-5-4-6-8-12;1-6-10(7-2)8(11)9(3,4)5;1-6(2)7(9)8(3,4)5;1-6(2,3)5-7(4,8)9;1-5-8-6(9)7(2,3)4;1-5-6(8)7(2,3)4;1-6(2,3)4-5(7)8;1-6(2,3)5(8)7-4;1-6(2,3)5(7)8-4;1-4(6)5(2)3/h4-9H2,1-3H3;6-7H2,1-5H3;6H,1-5H3;5H2,1-4H3;5H2,1-4H3,(H,8,9);5H2,1-4H3;5H,4H2,1-3H3;1-4H3,(H,7,8);1-4H3;1-3H3. The van der Waals surface area contributed by atoms with Crippen LogP contribution in [0, 0.1) is 54.7 Å². The number of Topliss-reactive ketones (excluding diaryl/α,β-unsaturated/α-hetero) is 2. The van der Waals surface area contributed by atoms with Crippen molar-refractivity contribution in [1.29, 1.82) is 0 Å². The molecule has 0 bridgehead atoms. The van der Waals surface area contributed by atoms with Gasteiger partial charge in [-0.05, 0) is 84.0 Å². The van der Waals surface area contributed by atoms with Gasteiger partial charge in [-0.2, -0.15) is 0 Å². The topological polar surface area (TPSA) is 180 Å². The zero-order valence-corrected chi connectivity index (χ0v) is 65.2. The Morgan fingerprint density at radius 2 is 0.910 bits per heavy atom. The molecule has 0 aliphatic carbocycles. The van der Waals surface area contributed by atoms with E-state index in [1.807, 2.05) is 197 Å².